The second-order valence-corrected chi connectivity index (χ2v) is 38.2. The van der Waals surface area contributed by atoms with E-state index in [2.05, 4.69) is 5.32 Å². The summed E-state index contributed by atoms with van der Waals surface area (Å²) in [6.45, 7) is 34.3. The Morgan fingerprint density at radius 1 is 0.638 bits per heavy atom. The Bertz CT molecular complexity index is 3950. The number of carbonyl (C=O) groups excluding carboxylic acids is 8. The van der Waals surface area contributed by atoms with Crippen molar-refractivity contribution in [3.8, 4) is 0 Å². The third-order valence-corrected chi connectivity index (χ3v) is 26.5. The van der Waals surface area contributed by atoms with Gasteiger partial charge in [0.25, 0.3) is 11.8 Å². The number of hydrogen-bond acceptors (Lipinski definition) is 29. The molecule has 2 aromatic carbocycles. The summed E-state index contributed by atoms with van der Waals surface area (Å²) in [5.74, 6) is -8.64. The van der Waals surface area contributed by atoms with Gasteiger partial charge in [0.1, 0.15) is 37.0 Å². The van der Waals surface area contributed by atoms with Crippen molar-refractivity contribution in [2.75, 3.05) is 131 Å². The van der Waals surface area contributed by atoms with Crippen LogP contribution >= 0.6 is 11.8 Å². The minimum Gasteiger partial charge on any atom is -0.463 e. The zero-order valence-corrected chi connectivity index (χ0v) is 82.0. The molecule has 0 aromatic heterocycles. The van der Waals surface area contributed by atoms with Gasteiger partial charge in [-0.1, -0.05) is 96.0 Å². The van der Waals surface area contributed by atoms with Crippen molar-refractivity contribution >= 4 is 75.6 Å². The van der Waals surface area contributed by atoms with Gasteiger partial charge in [-0.3, -0.25) is 38.5 Å². The van der Waals surface area contributed by atoms with Crippen LogP contribution < -0.4 is 5.32 Å². The summed E-state index contributed by atoms with van der Waals surface area (Å²) in [6.07, 6.45) is 10.5. The number of benzene rings is 2. The molecule has 734 valence electrons. The van der Waals surface area contributed by atoms with Crippen LogP contribution in [0.15, 0.2) is 77.9 Å². The number of aliphatic hydroxyl groups is 2. The zero-order chi connectivity index (χ0) is 95.4. The minimum atomic E-state index is -2.25. The molecule has 130 heavy (non-hydrogen) atoms. The number of anilines is 1. The molecule has 3 aliphatic heterocycles. The van der Waals surface area contributed by atoms with Crippen LogP contribution in [0, 0.1) is 46.8 Å². The van der Waals surface area contributed by atoms with Crippen LogP contribution in [-0.2, 0) is 109 Å². The van der Waals surface area contributed by atoms with Gasteiger partial charge in [0.15, 0.2) is 11.6 Å². The first-order valence-corrected chi connectivity index (χ1v) is 48.3. The fourth-order valence-corrected chi connectivity index (χ4v) is 18.4. The van der Waals surface area contributed by atoms with Gasteiger partial charge >= 0.3 is 11.9 Å². The second-order valence-electron chi connectivity index (χ2n) is 37.2. The average molecular weight is 1850 g/mol. The maximum absolute atomic E-state index is 15.1. The Labute approximate surface area is 776 Å². The highest BCUT2D eigenvalue weighted by atomic mass is 32.2. The highest BCUT2D eigenvalue weighted by Gasteiger charge is 2.55. The maximum Gasteiger partial charge on any atom is 0.316 e. The number of hydrogen-bond donors (Lipinski definition) is 3. The number of Topliss-reactive ketones (excluding diaryl/α,β-unsaturated/α-hetero) is 3. The van der Waals surface area contributed by atoms with Gasteiger partial charge in [0.2, 0.25) is 5.79 Å². The van der Waals surface area contributed by atoms with E-state index in [0.717, 1.165) is 5.57 Å². The van der Waals surface area contributed by atoms with Gasteiger partial charge < -0.3 is 101 Å². The molecule has 25 atom stereocenters. The maximum atomic E-state index is 15.1. The number of cyclic esters (lactones) is 1. The lowest BCUT2D eigenvalue weighted by molar-refractivity contribution is -0.268. The third-order valence-electron chi connectivity index (χ3n) is 25.7. The number of ether oxygens (including phenoxy) is 17. The number of thioether (sulfide) groups is 1. The Kier molecular flexibility index (Phi) is 48.1. The molecule has 0 radical (unpaired) electrons. The standard InChI is InChI=1S/C100H156N2O27S/c1-62-27-22-21-23-28-63(2)87(114-18)47-79-34-32-68(7)100(112,129-79)90(105)49-99(60-103)38-25-24-31-83(99)98(111)128-88(48-85(104)64(3)44-67(6)94(108)95(116-20)93(107)66(5)43-62)65(4)45-78-33-37-86(89(46-78)115-19)119-41-42-120-91(106)59-130-61-101-84-36-35-82-92-80(84)29-26-30-81(92)96(109)102(97(82)110)69(8)50-121-71(10)52-117-39-40-118-72(11)53-123-74(13)55-125-76(15)57-127-77(16)58-126-75(14)56-124-73(12)54-122-70(9)51-113-17/h21-23,26-30,35-36,44,60,62,64-66,68-79,83,86-89,94-95,101,108,112H,24-25,31-34,37-43,45-59,61H2,1-20H3/b23-21+,27-22+,63-28+,67-44+/t62-,64-,65+,66?,68-,69?,70?,71?,72?,73?,74?,75?,76?,77?,78+,79+,83?,86-,87+,88+,89-,94-,95+,99?,100-/m1/s1. The first-order valence-electron chi connectivity index (χ1n) is 47.2. The van der Waals surface area contributed by atoms with Crippen molar-refractivity contribution < 1.29 is 129 Å². The molecule has 0 spiro atoms. The normalized spacial score (nSPS) is 30.0. The second kappa shape index (κ2) is 56.4. The van der Waals surface area contributed by atoms with Crippen LogP contribution in [-0.4, -0.2) is 292 Å². The first kappa shape index (κ1) is 111. The molecule has 1 saturated heterocycles. The van der Waals surface area contributed by atoms with E-state index in [9.17, 15) is 43.8 Å². The van der Waals surface area contributed by atoms with Crippen molar-refractivity contribution in [1.82, 2.24) is 4.90 Å². The van der Waals surface area contributed by atoms with Crippen LogP contribution in [0.3, 0.4) is 0 Å². The summed E-state index contributed by atoms with van der Waals surface area (Å²) < 4.78 is 101. The number of nitrogens with one attached hydrogen (secondary N) is 1. The monoisotopic (exact) mass is 1850 g/mol. The number of allylic oxidation sites excluding steroid dienone is 6. The summed E-state index contributed by atoms with van der Waals surface area (Å²) in [5, 5.41) is 28.7. The molecule has 3 fully saturated rings. The molecule has 7 rings (SSSR count). The van der Waals surface area contributed by atoms with Gasteiger partial charge in [0.05, 0.1) is 176 Å². The molecule has 3 N–H and O–H groups in total. The van der Waals surface area contributed by atoms with Crippen LogP contribution in [0.1, 0.15) is 221 Å². The SMILES string of the molecule is COCC(C)OCC(C)OCC(C)OCC(C)OCC(C)OCC(C)OCC(C)OCCOCC(C)OCC(C)N1C(=O)c2cccc3c(NCSCC(=O)OCCO[C@@H]4CC[C@@H](C[C@H](C)[C@@H]5CC(=O)[C@H](C)/C=C(\C)[C@@H](O)[C@@H](OC)C(=O)C(C)C[C@H](C)/C=C/C=C/C=C(\C)[C@@H](OC)C[C@@H]6CC[C@@H](C)[C@@](O)(O6)C(=O)CC6(C=O)CCCCC6C(=O)O5)C[C@H]4OC)ccc(c23)C1=O. The average Bonchev–Trinajstić information content (AvgIpc) is 0.735. The number of nitrogens with zero attached hydrogens (tertiary/aromatic N) is 1. The molecule has 2 bridgehead atoms. The molecule has 3 heterocycles. The molecule has 2 amide bonds. The number of ketones is 3. The number of imide groups is 1. The van der Waals surface area contributed by atoms with E-state index in [4.69, 9.17) is 80.5 Å². The largest absolute Gasteiger partial charge is 0.463 e. The number of carbonyl (C=O) groups is 8. The Morgan fingerprint density at radius 2 is 1.25 bits per heavy atom. The van der Waals surface area contributed by atoms with Gasteiger partial charge in [-0.05, 0) is 181 Å². The molecule has 12 unspecified atom stereocenters. The van der Waals surface area contributed by atoms with E-state index >= 15 is 4.79 Å². The summed E-state index contributed by atoms with van der Waals surface area (Å²) in [4.78, 5) is 115. The smallest absolute Gasteiger partial charge is 0.316 e. The van der Waals surface area contributed by atoms with E-state index in [1.165, 1.54) is 23.8 Å². The predicted molar refractivity (Wildman–Crippen MR) is 496 cm³/mol. The highest BCUT2D eigenvalue weighted by molar-refractivity contribution is 8.00. The fraction of sp³-hybridized carbons (Fsp3) is 0.740. The third kappa shape index (κ3) is 34.3. The number of esters is 2. The molecular weight excluding hydrogens is 1690 g/mol. The van der Waals surface area contributed by atoms with Crippen LogP contribution in [0.4, 0.5) is 5.69 Å². The number of amides is 2. The Balaban J connectivity index is 0.840. The number of rotatable bonds is 46. The molecule has 2 aliphatic carbocycles. The van der Waals surface area contributed by atoms with Crippen molar-refractivity contribution in [1.29, 1.82) is 0 Å². The lowest BCUT2D eigenvalue weighted by Crippen LogP contribution is -2.55. The summed E-state index contributed by atoms with van der Waals surface area (Å²) in [5.41, 5.74) is 1.16. The van der Waals surface area contributed by atoms with Gasteiger partial charge in [-0.15, -0.1) is 11.8 Å². The quantitative estimate of drug-likeness (QED) is 0.0138. The number of aliphatic hydroxyl groups excluding tert-OH is 1. The first-order chi connectivity index (χ1) is 62.0. The van der Waals surface area contributed by atoms with Gasteiger partial charge in [-0.25, -0.2) is 0 Å². The van der Waals surface area contributed by atoms with Crippen LogP contribution in [0.25, 0.3) is 10.8 Å². The van der Waals surface area contributed by atoms with E-state index in [-0.39, 0.29) is 136 Å². The number of fused-ring (bicyclic) bond motifs is 3. The lowest BCUT2D eigenvalue weighted by Gasteiger charge is -2.44. The molecular formula is C100H156N2O27S. The number of aldehydes is 1. The van der Waals surface area contributed by atoms with Crippen LogP contribution in [0.5, 0.6) is 0 Å². The predicted octanol–water partition coefficient (Wildman–Crippen LogP) is 14.0. The summed E-state index contributed by atoms with van der Waals surface area (Å²) in [6, 6.07) is 8.25. The van der Waals surface area contributed by atoms with Crippen LogP contribution in [0.2, 0.25) is 0 Å². The van der Waals surface area contributed by atoms with E-state index < -0.39 is 113 Å². The highest BCUT2D eigenvalue weighted by Crippen LogP contribution is 2.48. The van der Waals surface area contributed by atoms with E-state index in [1.807, 2.05) is 120 Å². The molecule has 30 heteroatoms. The number of methoxy groups -OCH3 is 4. The Morgan fingerprint density at radius 3 is 1.87 bits per heavy atom. The van der Waals surface area contributed by atoms with Crippen molar-refractivity contribution in [3.05, 3.63) is 89.1 Å². The molecule has 2 saturated carbocycles. The van der Waals surface area contributed by atoms with Crippen molar-refractivity contribution in [3.63, 3.8) is 0 Å². The topological polar surface area (TPSA) is 349 Å². The molecule has 2 aromatic rings. The van der Waals surface area contributed by atoms with Crippen molar-refractivity contribution in [2.24, 2.45) is 46.8 Å². The summed E-state index contributed by atoms with van der Waals surface area (Å²) >= 11 is 1.30. The molecule has 29 nitrogen and oxygen atoms in total. The van der Waals surface area contributed by atoms with Gasteiger partial charge in [-0.2, -0.15) is 0 Å². The van der Waals surface area contributed by atoms with E-state index in [0.29, 0.717) is 169 Å². The zero-order valence-electron chi connectivity index (χ0n) is 81.2. The fourth-order valence-electron chi connectivity index (χ4n) is 17.8. The Hall–Kier alpha value is -6.11. The summed E-state index contributed by atoms with van der Waals surface area (Å²) in [7, 11) is 6.23. The molecule has 5 aliphatic rings. The van der Waals surface area contributed by atoms with Crippen molar-refractivity contribution in [2.45, 2.75) is 304 Å². The lowest BCUT2D eigenvalue weighted by atomic mass is 9.63. The van der Waals surface area contributed by atoms with Gasteiger partial charge in [0, 0.05) is 98.5 Å². The minimum absolute atomic E-state index is 0.00399. The van der Waals surface area contributed by atoms with E-state index in [1.54, 1.807) is 79.4 Å².